The third kappa shape index (κ3) is 4.57. The first-order valence-corrected chi connectivity index (χ1v) is 9.30. The van der Waals surface area contributed by atoms with Gasteiger partial charge in [0.15, 0.2) is 0 Å². The molecule has 0 saturated carbocycles. The lowest BCUT2D eigenvalue weighted by Gasteiger charge is -2.23. The zero-order valence-electron chi connectivity index (χ0n) is 14.9. The van der Waals surface area contributed by atoms with Crippen LogP contribution in [0.5, 0.6) is 5.75 Å². The van der Waals surface area contributed by atoms with E-state index in [4.69, 9.17) is 9.72 Å². The molecule has 0 spiro atoms. The Hall–Kier alpha value is -1.95. The maximum absolute atomic E-state index is 9.86. The second-order valence-electron chi connectivity index (χ2n) is 6.41. The predicted octanol–water partition coefficient (Wildman–Crippen LogP) is 4.00. The molecule has 25 heavy (non-hydrogen) atoms. The van der Waals surface area contributed by atoms with Gasteiger partial charge in [0.05, 0.1) is 24.4 Å². The van der Waals surface area contributed by atoms with E-state index in [1.54, 1.807) is 18.4 Å². The van der Waals surface area contributed by atoms with Crippen LogP contribution in [0, 0.1) is 6.92 Å². The molecular weight excluding hydrogens is 332 g/mol. The fraction of sp³-hybridized carbons (Fsp3) is 0.350. The molecule has 0 aliphatic heterocycles. The van der Waals surface area contributed by atoms with Gasteiger partial charge < -0.3 is 9.84 Å². The number of rotatable bonds is 7. The maximum Gasteiger partial charge on any atom is 0.119 e. The number of aryl methyl sites for hydroxylation is 1. The summed E-state index contributed by atoms with van der Waals surface area (Å²) in [4.78, 5) is 8.36. The third-order valence-electron chi connectivity index (χ3n) is 4.20. The van der Waals surface area contributed by atoms with Crippen LogP contribution in [0.4, 0.5) is 0 Å². The minimum Gasteiger partial charge on any atom is -0.497 e. The van der Waals surface area contributed by atoms with Crippen molar-refractivity contribution in [2.75, 3.05) is 13.7 Å². The number of fused-ring (bicyclic) bond motifs is 1. The van der Waals surface area contributed by atoms with Gasteiger partial charge in [-0.05, 0) is 55.1 Å². The lowest BCUT2D eigenvalue weighted by molar-refractivity contribution is 0.118. The molecule has 0 bridgehead atoms. The number of methoxy groups -OCH3 is 1. The largest absolute Gasteiger partial charge is 0.497 e. The summed E-state index contributed by atoms with van der Waals surface area (Å²) in [5.74, 6) is 0.839. The van der Waals surface area contributed by atoms with Crippen LogP contribution in [0.1, 0.15) is 23.1 Å². The number of pyridine rings is 1. The summed E-state index contributed by atoms with van der Waals surface area (Å²) in [6.45, 7) is 6.13. The first-order valence-electron chi connectivity index (χ1n) is 8.42. The summed E-state index contributed by atoms with van der Waals surface area (Å²) >= 11 is 1.76. The molecule has 132 valence electrons. The zero-order chi connectivity index (χ0) is 17.8. The van der Waals surface area contributed by atoms with Gasteiger partial charge in [0, 0.05) is 29.9 Å². The van der Waals surface area contributed by atoms with E-state index in [0.29, 0.717) is 13.1 Å². The highest BCUT2D eigenvalue weighted by molar-refractivity contribution is 7.10. The summed E-state index contributed by atoms with van der Waals surface area (Å²) in [5.41, 5.74) is 3.27. The van der Waals surface area contributed by atoms with Gasteiger partial charge in [0.25, 0.3) is 0 Å². The van der Waals surface area contributed by atoms with Crippen molar-refractivity contribution in [3.05, 3.63) is 57.9 Å². The molecule has 3 aromatic rings. The van der Waals surface area contributed by atoms with E-state index >= 15 is 0 Å². The minimum absolute atomic E-state index is 0.370. The predicted molar refractivity (Wildman–Crippen MR) is 103 cm³/mol. The van der Waals surface area contributed by atoms with Crippen molar-refractivity contribution < 1.29 is 9.84 Å². The molecule has 0 aliphatic rings. The highest BCUT2D eigenvalue weighted by Gasteiger charge is 2.13. The Morgan fingerprint density at radius 3 is 2.72 bits per heavy atom. The Kier molecular flexibility index (Phi) is 5.68. The van der Waals surface area contributed by atoms with Crippen LogP contribution in [-0.4, -0.2) is 34.7 Å². The van der Waals surface area contributed by atoms with Crippen LogP contribution in [0.15, 0.2) is 41.8 Å². The normalized spacial score (nSPS) is 12.7. The lowest BCUT2D eigenvalue weighted by Crippen LogP contribution is -2.30. The smallest absolute Gasteiger partial charge is 0.119 e. The average Bonchev–Trinajstić information content (AvgIpc) is 2.98. The van der Waals surface area contributed by atoms with Crippen LogP contribution >= 0.6 is 11.3 Å². The lowest BCUT2D eigenvalue weighted by atomic mass is 10.2. The second-order valence-corrected chi connectivity index (χ2v) is 7.41. The summed E-state index contributed by atoms with van der Waals surface area (Å²) in [6, 6.07) is 12.2. The Morgan fingerprint density at radius 2 is 2.04 bits per heavy atom. The highest BCUT2D eigenvalue weighted by atomic mass is 32.1. The van der Waals surface area contributed by atoms with E-state index in [9.17, 15) is 5.11 Å². The second kappa shape index (κ2) is 7.95. The SMILES string of the molecule is COc1ccc2nc(CN(Cc3sccc3C)CC(C)O)ccc2c1. The van der Waals surface area contributed by atoms with Gasteiger partial charge in [-0.15, -0.1) is 11.3 Å². The van der Waals surface area contributed by atoms with E-state index in [2.05, 4.69) is 35.4 Å². The Labute approximate surface area is 152 Å². The molecule has 3 rings (SSSR count). The van der Waals surface area contributed by atoms with Crippen LogP contribution in [0.25, 0.3) is 10.9 Å². The average molecular weight is 356 g/mol. The van der Waals surface area contributed by atoms with Crippen LogP contribution in [-0.2, 0) is 13.1 Å². The molecule has 0 radical (unpaired) electrons. The summed E-state index contributed by atoms with van der Waals surface area (Å²) < 4.78 is 5.27. The number of nitrogens with zero attached hydrogens (tertiary/aromatic N) is 2. The van der Waals surface area contributed by atoms with Crippen molar-refractivity contribution in [1.82, 2.24) is 9.88 Å². The molecule has 2 heterocycles. The molecule has 4 nitrogen and oxygen atoms in total. The van der Waals surface area contributed by atoms with Crippen LogP contribution < -0.4 is 4.74 Å². The monoisotopic (exact) mass is 356 g/mol. The number of aromatic nitrogens is 1. The van der Waals surface area contributed by atoms with Gasteiger partial charge in [0.2, 0.25) is 0 Å². The van der Waals surface area contributed by atoms with E-state index in [1.165, 1.54) is 10.4 Å². The molecule has 1 N–H and O–H groups in total. The number of ether oxygens (including phenoxy) is 1. The van der Waals surface area contributed by atoms with Crippen LogP contribution in [0.3, 0.4) is 0 Å². The van der Waals surface area contributed by atoms with Gasteiger partial charge in [-0.2, -0.15) is 0 Å². The van der Waals surface area contributed by atoms with Crippen molar-refractivity contribution in [3.8, 4) is 5.75 Å². The van der Waals surface area contributed by atoms with Gasteiger partial charge in [0.1, 0.15) is 5.75 Å². The molecule has 1 unspecified atom stereocenters. The third-order valence-corrected chi connectivity index (χ3v) is 5.21. The van der Waals surface area contributed by atoms with Gasteiger partial charge in [-0.1, -0.05) is 6.07 Å². The Balaban J connectivity index is 1.80. The van der Waals surface area contributed by atoms with E-state index in [1.807, 2.05) is 25.1 Å². The highest BCUT2D eigenvalue weighted by Crippen LogP contribution is 2.22. The molecular formula is C20H24N2O2S. The fourth-order valence-corrected chi connectivity index (χ4v) is 3.87. The van der Waals surface area contributed by atoms with Crippen molar-refractivity contribution >= 4 is 22.2 Å². The summed E-state index contributed by atoms with van der Waals surface area (Å²) in [5, 5.41) is 13.0. The maximum atomic E-state index is 9.86. The standard InChI is InChI=1S/C20H24N2O2S/c1-14-8-9-25-20(14)13-22(11-15(2)23)12-17-5-4-16-10-18(24-3)6-7-19(16)21-17/h4-10,15,23H,11-13H2,1-3H3. The molecule has 1 aromatic carbocycles. The number of aliphatic hydroxyl groups is 1. The van der Waals surface area contributed by atoms with Crippen LogP contribution in [0.2, 0.25) is 0 Å². The Morgan fingerprint density at radius 1 is 1.20 bits per heavy atom. The summed E-state index contributed by atoms with van der Waals surface area (Å²) in [7, 11) is 1.67. The van der Waals surface area contributed by atoms with Gasteiger partial charge in [-0.3, -0.25) is 9.88 Å². The number of thiophene rings is 1. The van der Waals surface area contributed by atoms with Crippen molar-refractivity contribution in [3.63, 3.8) is 0 Å². The van der Waals surface area contributed by atoms with Gasteiger partial charge >= 0.3 is 0 Å². The molecule has 5 heteroatoms. The molecule has 0 saturated heterocycles. The first kappa shape index (κ1) is 17.9. The van der Waals surface area contributed by atoms with E-state index in [-0.39, 0.29) is 6.10 Å². The van der Waals surface area contributed by atoms with Gasteiger partial charge in [-0.25, -0.2) is 0 Å². The fourth-order valence-electron chi connectivity index (χ4n) is 2.92. The number of aliphatic hydroxyl groups excluding tert-OH is 1. The topological polar surface area (TPSA) is 45.6 Å². The van der Waals surface area contributed by atoms with Crippen molar-refractivity contribution in [1.29, 1.82) is 0 Å². The number of hydrogen-bond acceptors (Lipinski definition) is 5. The molecule has 2 aromatic heterocycles. The zero-order valence-corrected chi connectivity index (χ0v) is 15.7. The number of hydrogen-bond donors (Lipinski definition) is 1. The molecule has 1 atom stereocenters. The first-order chi connectivity index (χ1) is 12.0. The number of benzene rings is 1. The van der Waals surface area contributed by atoms with E-state index in [0.717, 1.165) is 28.9 Å². The minimum atomic E-state index is -0.370. The summed E-state index contributed by atoms with van der Waals surface area (Å²) in [6.07, 6.45) is -0.370. The Bertz CT molecular complexity index is 845. The quantitative estimate of drug-likeness (QED) is 0.695. The molecule has 0 amide bonds. The molecule has 0 fully saturated rings. The molecule has 0 aliphatic carbocycles. The van der Waals surface area contributed by atoms with E-state index < -0.39 is 0 Å². The van der Waals surface area contributed by atoms with Crippen molar-refractivity contribution in [2.45, 2.75) is 33.0 Å². The van der Waals surface area contributed by atoms with Crippen molar-refractivity contribution in [2.24, 2.45) is 0 Å².